The lowest BCUT2D eigenvalue weighted by Crippen LogP contribution is -2.04. The zero-order chi connectivity index (χ0) is 18.0. The summed E-state index contributed by atoms with van der Waals surface area (Å²) < 4.78 is 39.0. The van der Waals surface area contributed by atoms with E-state index in [2.05, 4.69) is 20.4 Å². The molecular formula is C15H10F3N5S2. The Morgan fingerprint density at radius 1 is 1.28 bits per heavy atom. The highest BCUT2D eigenvalue weighted by atomic mass is 32.2. The van der Waals surface area contributed by atoms with E-state index in [4.69, 9.17) is 5.26 Å². The molecule has 0 aliphatic rings. The molecule has 0 aliphatic carbocycles. The van der Waals surface area contributed by atoms with E-state index in [9.17, 15) is 13.2 Å². The minimum Gasteiger partial charge on any atom is -0.228 e. The Morgan fingerprint density at radius 2 is 2.08 bits per heavy atom. The molecule has 0 saturated heterocycles. The van der Waals surface area contributed by atoms with Crippen molar-refractivity contribution in [2.75, 3.05) is 0 Å². The van der Waals surface area contributed by atoms with Gasteiger partial charge in [-0.05, 0) is 18.6 Å². The molecule has 5 nitrogen and oxygen atoms in total. The first-order chi connectivity index (χ1) is 11.9. The Hall–Kier alpha value is -2.38. The van der Waals surface area contributed by atoms with Crippen molar-refractivity contribution in [3.8, 4) is 17.5 Å². The Morgan fingerprint density at radius 3 is 2.80 bits per heavy atom. The smallest absolute Gasteiger partial charge is 0.228 e. The minimum atomic E-state index is -4.35. The lowest BCUT2D eigenvalue weighted by Gasteiger charge is -2.07. The number of hydrogen-bond acceptors (Lipinski definition) is 6. The first kappa shape index (κ1) is 17.4. The van der Waals surface area contributed by atoms with Gasteiger partial charge in [0.1, 0.15) is 11.8 Å². The van der Waals surface area contributed by atoms with Crippen molar-refractivity contribution in [1.82, 2.24) is 20.4 Å². The third kappa shape index (κ3) is 3.83. The summed E-state index contributed by atoms with van der Waals surface area (Å²) in [7, 11) is 0. The molecule has 0 bridgehead atoms. The summed E-state index contributed by atoms with van der Waals surface area (Å²) in [6.45, 7) is 1.84. The number of benzene rings is 1. The van der Waals surface area contributed by atoms with Crippen LogP contribution >= 0.6 is 23.1 Å². The largest absolute Gasteiger partial charge is 0.416 e. The molecule has 0 aliphatic heterocycles. The lowest BCUT2D eigenvalue weighted by molar-refractivity contribution is -0.137. The molecule has 25 heavy (non-hydrogen) atoms. The molecule has 0 amide bonds. The number of aromatic nitrogens is 4. The molecule has 0 fully saturated rings. The van der Waals surface area contributed by atoms with Crippen LogP contribution in [0.4, 0.5) is 13.2 Å². The van der Waals surface area contributed by atoms with Gasteiger partial charge in [0.2, 0.25) is 0 Å². The summed E-state index contributed by atoms with van der Waals surface area (Å²) in [4.78, 5) is 5.29. The monoisotopic (exact) mass is 381 g/mol. The number of hydrogen-bond donors (Lipinski definition) is 1. The summed E-state index contributed by atoms with van der Waals surface area (Å²) in [5, 5.41) is 19.1. The molecule has 1 N–H and O–H groups in total. The van der Waals surface area contributed by atoms with Gasteiger partial charge < -0.3 is 0 Å². The van der Waals surface area contributed by atoms with Gasteiger partial charge >= 0.3 is 6.18 Å². The van der Waals surface area contributed by atoms with Crippen LogP contribution in [0.2, 0.25) is 0 Å². The molecule has 0 spiro atoms. The molecule has 128 valence electrons. The first-order valence-corrected chi connectivity index (χ1v) is 8.76. The van der Waals surface area contributed by atoms with Crippen LogP contribution in [0.5, 0.6) is 0 Å². The number of H-pyrrole nitrogens is 1. The Bertz CT molecular complexity index is 939. The zero-order valence-electron chi connectivity index (χ0n) is 12.8. The van der Waals surface area contributed by atoms with E-state index in [1.54, 1.807) is 6.07 Å². The molecular weight excluding hydrogens is 371 g/mol. The predicted octanol–water partition coefficient (Wildman–Crippen LogP) is 4.42. The SMILES string of the molecule is Cc1sc(SCc2cccc(C(F)(F)F)c2)nc1-c1n[nH]nc1C#N. The van der Waals surface area contributed by atoms with Crippen LogP contribution in [-0.4, -0.2) is 20.4 Å². The second-order valence-electron chi connectivity index (χ2n) is 5.00. The third-order valence-electron chi connectivity index (χ3n) is 3.27. The van der Waals surface area contributed by atoms with Crippen LogP contribution in [-0.2, 0) is 11.9 Å². The van der Waals surface area contributed by atoms with Crippen molar-refractivity contribution in [3.63, 3.8) is 0 Å². The molecule has 2 aromatic heterocycles. The minimum absolute atomic E-state index is 0.155. The molecule has 1 aromatic carbocycles. The fourth-order valence-corrected chi connectivity index (χ4v) is 4.16. The molecule has 0 saturated carbocycles. The van der Waals surface area contributed by atoms with E-state index in [0.29, 0.717) is 27.0 Å². The van der Waals surface area contributed by atoms with Gasteiger partial charge in [0, 0.05) is 10.6 Å². The van der Waals surface area contributed by atoms with E-state index in [-0.39, 0.29) is 5.69 Å². The maximum Gasteiger partial charge on any atom is 0.416 e. The lowest BCUT2D eigenvalue weighted by atomic mass is 10.1. The van der Waals surface area contributed by atoms with E-state index in [0.717, 1.165) is 17.0 Å². The van der Waals surface area contributed by atoms with Crippen molar-refractivity contribution in [3.05, 3.63) is 46.0 Å². The highest BCUT2D eigenvalue weighted by Crippen LogP contribution is 2.35. The standard InChI is InChI=1S/C15H10F3N5S2/c1-8-12(13-11(6-19)21-23-22-13)20-14(25-8)24-7-9-3-2-4-10(5-9)15(16,17)18/h2-5H,7H2,1H3,(H,21,22,23). The molecule has 2 heterocycles. The summed E-state index contributed by atoms with van der Waals surface area (Å²) in [5.41, 5.74) is 0.989. The summed E-state index contributed by atoms with van der Waals surface area (Å²) >= 11 is 2.74. The van der Waals surface area contributed by atoms with Gasteiger partial charge in [0.05, 0.1) is 5.56 Å². The number of halogens is 3. The second-order valence-corrected chi connectivity index (χ2v) is 7.43. The van der Waals surface area contributed by atoms with Gasteiger partial charge in [-0.3, -0.25) is 0 Å². The van der Waals surface area contributed by atoms with Crippen LogP contribution in [0.3, 0.4) is 0 Å². The second kappa shape index (κ2) is 6.85. The maximum atomic E-state index is 12.8. The number of nitrogens with one attached hydrogen (secondary N) is 1. The Kier molecular flexibility index (Phi) is 4.78. The van der Waals surface area contributed by atoms with Crippen molar-refractivity contribution in [2.24, 2.45) is 0 Å². The van der Waals surface area contributed by atoms with E-state index >= 15 is 0 Å². The van der Waals surface area contributed by atoms with Crippen LogP contribution in [0.1, 0.15) is 21.7 Å². The normalized spacial score (nSPS) is 11.5. The van der Waals surface area contributed by atoms with Gasteiger partial charge in [-0.15, -0.1) is 16.4 Å². The first-order valence-electron chi connectivity index (χ1n) is 6.96. The van der Waals surface area contributed by atoms with Crippen molar-refractivity contribution < 1.29 is 13.2 Å². The molecule has 0 unspecified atom stereocenters. The fraction of sp³-hybridized carbons (Fsp3) is 0.200. The van der Waals surface area contributed by atoms with Crippen molar-refractivity contribution in [1.29, 1.82) is 5.26 Å². The van der Waals surface area contributed by atoms with Crippen molar-refractivity contribution >= 4 is 23.1 Å². The molecule has 3 rings (SSSR count). The summed E-state index contributed by atoms with van der Waals surface area (Å²) in [6.07, 6.45) is -4.35. The molecule has 0 atom stereocenters. The maximum absolute atomic E-state index is 12.8. The van der Waals surface area contributed by atoms with E-state index in [1.165, 1.54) is 29.2 Å². The number of aromatic amines is 1. The average molecular weight is 381 g/mol. The number of nitrogens with zero attached hydrogens (tertiary/aromatic N) is 4. The van der Waals surface area contributed by atoms with Crippen LogP contribution in [0.25, 0.3) is 11.4 Å². The van der Waals surface area contributed by atoms with Gasteiger partial charge in [-0.1, -0.05) is 30.0 Å². The number of alkyl halides is 3. The summed E-state index contributed by atoms with van der Waals surface area (Å²) in [5.74, 6) is 0.361. The highest BCUT2D eigenvalue weighted by molar-refractivity contribution is 8.00. The fourth-order valence-electron chi connectivity index (χ4n) is 2.11. The number of thiazole rings is 1. The third-order valence-corrected chi connectivity index (χ3v) is 5.46. The molecule has 0 radical (unpaired) electrons. The quantitative estimate of drug-likeness (QED) is 0.677. The number of nitriles is 1. The number of aryl methyl sites for hydroxylation is 1. The van der Waals surface area contributed by atoms with E-state index < -0.39 is 11.7 Å². The number of thioether (sulfide) groups is 1. The Labute approximate surface area is 148 Å². The van der Waals surface area contributed by atoms with Gasteiger partial charge in [0.15, 0.2) is 15.7 Å². The van der Waals surface area contributed by atoms with Gasteiger partial charge in [0.25, 0.3) is 0 Å². The zero-order valence-corrected chi connectivity index (χ0v) is 14.4. The van der Waals surface area contributed by atoms with Crippen LogP contribution in [0.15, 0.2) is 28.6 Å². The van der Waals surface area contributed by atoms with E-state index in [1.807, 2.05) is 13.0 Å². The van der Waals surface area contributed by atoms with Gasteiger partial charge in [-0.25, -0.2) is 4.98 Å². The Balaban J connectivity index is 1.77. The van der Waals surface area contributed by atoms with Crippen LogP contribution in [0, 0.1) is 18.3 Å². The molecule has 3 aromatic rings. The van der Waals surface area contributed by atoms with Gasteiger partial charge in [-0.2, -0.15) is 28.7 Å². The predicted molar refractivity (Wildman–Crippen MR) is 87.9 cm³/mol. The van der Waals surface area contributed by atoms with Crippen LogP contribution < -0.4 is 0 Å². The highest BCUT2D eigenvalue weighted by Gasteiger charge is 2.30. The topological polar surface area (TPSA) is 78.2 Å². The van der Waals surface area contributed by atoms with Crippen molar-refractivity contribution in [2.45, 2.75) is 23.2 Å². The average Bonchev–Trinajstić information content (AvgIpc) is 3.18. The molecule has 10 heteroatoms. The number of rotatable bonds is 4. The summed E-state index contributed by atoms with van der Waals surface area (Å²) in [6, 6.07) is 7.17.